The monoisotopic (exact) mass is 356 g/mol. The molecule has 0 saturated heterocycles. The van der Waals surface area contributed by atoms with Crippen LogP contribution in [0, 0.1) is 0 Å². The molecule has 0 atom stereocenters. The summed E-state index contributed by atoms with van der Waals surface area (Å²) in [6.45, 7) is 7.91. The summed E-state index contributed by atoms with van der Waals surface area (Å²) in [4.78, 5) is 4.92. The first-order valence-corrected chi connectivity index (χ1v) is 15.1. The van der Waals surface area contributed by atoms with E-state index in [0.29, 0.717) is 0 Å². The standard InChI is InChI=1S/2C8H7.2CH3.Sn/c2*1-2-8-6-4-3-5-7-8;;;/h2*2-6H,1H2;2*1H3;. The van der Waals surface area contributed by atoms with Crippen molar-refractivity contribution in [3.63, 3.8) is 0 Å². The molecule has 0 aliphatic carbocycles. The number of hydrogen-bond acceptors (Lipinski definition) is 0. The van der Waals surface area contributed by atoms with Crippen molar-refractivity contribution >= 4 is 37.7 Å². The SMILES string of the molecule is C=Cc1cccc[c]1[Sn]([CH3])([CH3])[c]1ccccc1C=C. The normalized spacial score (nSPS) is 11.1. The molecule has 96 valence electrons. The van der Waals surface area contributed by atoms with Crippen LogP contribution in [0.3, 0.4) is 0 Å². The summed E-state index contributed by atoms with van der Waals surface area (Å²) in [5, 5.41) is 0. The molecule has 2 aromatic rings. The van der Waals surface area contributed by atoms with Gasteiger partial charge in [0.25, 0.3) is 0 Å². The van der Waals surface area contributed by atoms with Crippen LogP contribution in [0.1, 0.15) is 11.1 Å². The van der Waals surface area contributed by atoms with Crippen LogP contribution in [-0.4, -0.2) is 18.4 Å². The van der Waals surface area contributed by atoms with Crippen LogP contribution in [0.15, 0.2) is 61.7 Å². The van der Waals surface area contributed by atoms with Gasteiger partial charge in [-0.15, -0.1) is 0 Å². The summed E-state index contributed by atoms with van der Waals surface area (Å²) in [6.07, 6.45) is 3.95. The van der Waals surface area contributed by atoms with E-state index >= 15 is 0 Å². The van der Waals surface area contributed by atoms with Gasteiger partial charge in [-0.1, -0.05) is 0 Å². The van der Waals surface area contributed by atoms with E-state index in [1.807, 2.05) is 12.2 Å². The summed E-state index contributed by atoms with van der Waals surface area (Å²) in [5.41, 5.74) is 2.56. The van der Waals surface area contributed by atoms with E-state index in [4.69, 9.17) is 0 Å². The molecule has 0 N–H and O–H groups in total. The molecule has 0 aliphatic heterocycles. The van der Waals surface area contributed by atoms with Gasteiger partial charge < -0.3 is 0 Å². The number of hydrogen-bond donors (Lipinski definition) is 0. The fourth-order valence-electron chi connectivity index (χ4n) is 2.63. The third-order valence-electron chi connectivity index (χ3n) is 3.71. The third-order valence-corrected chi connectivity index (χ3v) is 14.0. The zero-order valence-corrected chi connectivity index (χ0v) is 14.5. The van der Waals surface area contributed by atoms with Gasteiger partial charge >= 0.3 is 120 Å². The van der Waals surface area contributed by atoms with Gasteiger partial charge in [0.1, 0.15) is 0 Å². The minimum absolute atomic E-state index is 1.28. The topological polar surface area (TPSA) is 0 Å². The molecule has 1 heteroatoms. The molecule has 0 unspecified atom stereocenters. The Morgan fingerprint density at radius 1 is 0.737 bits per heavy atom. The predicted molar refractivity (Wildman–Crippen MR) is 89.8 cm³/mol. The molecule has 0 saturated carbocycles. The minimum atomic E-state index is -2.58. The van der Waals surface area contributed by atoms with Gasteiger partial charge in [0.2, 0.25) is 0 Å². The van der Waals surface area contributed by atoms with Gasteiger partial charge in [-0.25, -0.2) is 0 Å². The Kier molecular flexibility index (Phi) is 4.30. The predicted octanol–water partition coefficient (Wildman–Crippen LogP) is 3.80. The Morgan fingerprint density at radius 2 is 1.11 bits per heavy atom. The Labute approximate surface area is 120 Å². The summed E-state index contributed by atoms with van der Waals surface area (Å²) in [6, 6.07) is 17.3. The molecule has 0 heterocycles. The third kappa shape index (κ3) is 2.69. The zero-order valence-electron chi connectivity index (χ0n) is 11.7. The summed E-state index contributed by atoms with van der Waals surface area (Å²) in [7, 11) is 0. The Morgan fingerprint density at radius 3 is 1.47 bits per heavy atom. The first-order valence-electron chi connectivity index (χ1n) is 6.55. The van der Waals surface area contributed by atoms with Crippen molar-refractivity contribution in [3.8, 4) is 0 Å². The van der Waals surface area contributed by atoms with E-state index in [1.54, 1.807) is 0 Å². The molecule has 0 spiro atoms. The van der Waals surface area contributed by atoms with Crippen molar-refractivity contribution < 1.29 is 0 Å². The van der Waals surface area contributed by atoms with Crippen molar-refractivity contribution in [2.24, 2.45) is 0 Å². The van der Waals surface area contributed by atoms with Crippen LogP contribution in [0.5, 0.6) is 0 Å². The van der Waals surface area contributed by atoms with E-state index in [0.717, 1.165) is 0 Å². The first-order chi connectivity index (χ1) is 9.11. The Bertz CT molecular complexity index is 555. The van der Waals surface area contributed by atoms with E-state index < -0.39 is 18.4 Å². The maximum atomic E-state index is 3.95. The van der Waals surface area contributed by atoms with Gasteiger partial charge in [-0.3, -0.25) is 0 Å². The van der Waals surface area contributed by atoms with Crippen LogP contribution >= 0.6 is 0 Å². The quantitative estimate of drug-likeness (QED) is 0.732. The molecule has 0 bridgehead atoms. The van der Waals surface area contributed by atoms with Crippen molar-refractivity contribution in [1.29, 1.82) is 0 Å². The molecule has 2 aromatic carbocycles. The molecule has 0 fully saturated rings. The van der Waals surface area contributed by atoms with Crippen LogP contribution in [0.4, 0.5) is 0 Å². The van der Waals surface area contributed by atoms with E-state index in [2.05, 4.69) is 71.6 Å². The second kappa shape index (κ2) is 5.79. The van der Waals surface area contributed by atoms with Crippen molar-refractivity contribution in [2.75, 3.05) is 0 Å². The fourth-order valence-corrected chi connectivity index (χ4v) is 11.6. The second-order valence-electron chi connectivity index (χ2n) is 5.21. The molecule has 0 aromatic heterocycles. The molecule has 0 nitrogen and oxygen atoms in total. The molecular formula is C18H20Sn. The Balaban J connectivity index is 2.64. The molecule has 0 radical (unpaired) electrons. The molecule has 0 aliphatic rings. The van der Waals surface area contributed by atoms with Gasteiger partial charge in [-0.2, -0.15) is 0 Å². The fraction of sp³-hybridized carbons (Fsp3) is 0.111. The molecular weight excluding hydrogens is 335 g/mol. The van der Waals surface area contributed by atoms with E-state index in [-0.39, 0.29) is 0 Å². The van der Waals surface area contributed by atoms with Crippen molar-refractivity contribution in [3.05, 3.63) is 72.8 Å². The average molecular weight is 355 g/mol. The van der Waals surface area contributed by atoms with E-state index in [1.165, 1.54) is 18.3 Å². The molecule has 19 heavy (non-hydrogen) atoms. The van der Waals surface area contributed by atoms with Crippen LogP contribution in [0.25, 0.3) is 12.2 Å². The van der Waals surface area contributed by atoms with Gasteiger partial charge in [0.05, 0.1) is 0 Å². The first kappa shape index (κ1) is 14.1. The molecule has 0 amide bonds. The number of rotatable bonds is 4. The van der Waals surface area contributed by atoms with Crippen LogP contribution in [0.2, 0.25) is 9.88 Å². The van der Waals surface area contributed by atoms with Crippen molar-refractivity contribution in [2.45, 2.75) is 9.88 Å². The van der Waals surface area contributed by atoms with E-state index in [9.17, 15) is 0 Å². The van der Waals surface area contributed by atoms with Crippen LogP contribution in [-0.2, 0) is 0 Å². The molecule has 2 rings (SSSR count). The maximum absolute atomic E-state index is 3.95. The Hall–Kier alpha value is -1.28. The summed E-state index contributed by atoms with van der Waals surface area (Å²) < 4.78 is 3.00. The zero-order chi connectivity index (χ0) is 13.9. The second-order valence-corrected chi connectivity index (χ2v) is 17.6. The van der Waals surface area contributed by atoms with Crippen LogP contribution < -0.4 is 7.16 Å². The summed E-state index contributed by atoms with van der Waals surface area (Å²) >= 11 is -2.58. The van der Waals surface area contributed by atoms with Gasteiger partial charge in [0.15, 0.2) is 0 Å². The van der Waals surface area contributed by atoms with Crippen molar-refractivity contribution in [1.82, 2.24) is 0 Å². The summed E-state index contributed by atoms with van der Waals surface area (Å²) in [5.74, 6) is 0. The average Bonchev–Trinajstić information content (AvgIpc) is 2.47. The van der Waals surface area contributed by atoms with Gasteiger partial charge in [-0.05, 0) is 0 Å². The number of benzene rings is 2. The van der Waals surface area contributed by atoms with Gasteiger partial charge in [0, 0.05) is 0 Å².